The third kappa shape index (κ3) is 7.87. The van der Waals surface area contributed by atoms with E-state index in [0.717, 1.165) is 41.1 Å². The Morgan fingerprint density at radius 2 is 1.58 bits per heavy atom. The van der Waals surface area contributed by atoms with Gasteiger partial charge in [0.15, 0.2) is 0 Å². The summed E-state index contributed by atoms with van der Waals surface area (Å²) < 4.78 is 39.8. The molecular formula is C33H41N3O6S. The molecule has 1 atom stereocenters. The van der Waals surface area contributed by atoms with Gasteiger partial charge in [0.25, 0.3) is 10.0 Å². The van der Waals surface area contributed by atoms with Gasteiger partial charge in [-0.3, -0.25) is 13.9 Å². The third-order valence-corrected chi connectivity index (χ3v) is 9.62. The van der Waals surface area contributed by atoms with Crippen LogP contribution in [0.5, 0.6) is 11.5 Å². The second-order valence-corrected chi connectivity index (χ2v) is 12.7. The normalized spacial score (nSPS) is 14.1. The van der Waals surface area contributed by atoms with E-state index in [-0.39, 0.29) is 29.1 Å². The minimum absolute atomic E-state index is 0.0569. The number of hydrogen-bond acceptors (Lipinski definition) is 6. The lowest BCUT2D eigenvalue weighted by atomic mass is 10.1. The number of sulfonamides is 1. The number of amides is 2. The van der Waals surface area contributed by atoms with Crippen LogP contribution in [0.25, 0.3) is 0 Å². The van der Waals surface area contributed by atoms with E-state index >= 15 is 0 Å². The van der Waals surface area contributed by atoms with Crippen LogP contribution < -0.4 is 19.1 Å². The molecule has 0 saturated heterocycles. The van der Waals surface area contributed by atoms with Crippen molar-refractivity contribution in [1.29, 1.82) is 0 Å². The number of benzene rings is 3. The van der Waals surface area contributed by atoms with Gasteiger partial charge in [-0.05, 0) is 68.1 Å². The van der Waals surface area contributed by atoms with E-state index in [1.165, 1.54) is 24.1 Å². The molecule has 1 saturated carbocycles. The van der Waals surface area contributed by atoms with E-state index in [4.69, 9.17) is 9.47 Å². The molecule has 3 aromatic carbocycles. The van der Waals surface area contributed by atoms with Crippen molar-refractivity contribution in [1.82, 2.24) is 10.2 Å². The number of methoxy groups -OCH3 is 2. The number of ether oxygens (including phenoxy) is 2. The Bertz CT molecular complexity index is 1490. The van der Waals surface area contributed by atoms with Gasteiger partial charge in [-0.2, -0.15) is 0 Å². The van der Waals surface area contributed by atoms with E-state index in [1.807, 2.05) is 26.0 Å². The van der Waals surface area contributed by atoms with E-state index < -0.39 is 28.5 Å². The van der Waals surface area contributed by atoms with Crippen LogP contribution in [-0.2, 0) is 26.2 Å². The molecule has 43 heavy (non-hydrogen) atoms. The summed E-state index contributed by atoms with van der Waals surface area (Å²) in [6, 6.07) is 19.6. The Morgan fingerprint density at radius 1 is 0.930 bits per heavy atom. The highest BCUT2D eigenvalue weighted by molar-refractivity contribution is 7.92. The van der Waals surface area contributed by atoms with Crippen molar-refractivity contribution < 1.29 is 27.5 Å². The molecule has 0 bridgehead atoms. The Kier molecular flexibility index (Phi) is 10.7. The molecule has 1 aliphatic rings. The summed E-state index contributed by atoms with van der Waals surface area (Å²) in [4.78, 5) is 29.4. The number of nitrogens with one attached hydrogen (secondary N) is 1. The molecule has 9 nitrogen and oxygen atoms in total. The van der Waals surface area contributed by atoms with Gasteiger partial charge in [0.05, 0.1) is 24.8 Å². The highest BCUT2D eigenvalue weighted by Crippen LogP contribution is 2.28. The number of anilines is 1. The van der Waals surface area contributed by atoms with Crippen LogP contribution in [0.15, 0.2) is 77.7 Å². The number of rotatable bonds is 13. The summed E-state index contributed by atoms with van der Waals surface area (Å²) in [5.41, 5.74) is 1.98. The fraction of sp³-hybridized carbons (Fsp3) is 0.394. The molecule has 0 aliphatic heterocycles. The number of carbonyl (C=O) groups is 2. The molecule has 1 aliphatic carbocycles. The second-order valence-electron chi connectivity index (χ2n) is 10.8. The predicted octanol–water partition coefficient (Wildman–Crippen LogP) is 5.07. The highest BCUT2D eigenvalue weighted by Gasteiger charge is 2.34. The molecule has 0 spiro atoms. The van der Waals surface area contributed by atoms with Crippen LogP contribution in [0.4, 0.5) is 5.69 Å². The Labute approximate surface area is 254 Å². The summed E-state index contributed by atoms with van der Waals surface area (Å²) in [5.74, 6) is 0.390. The first-order chi connectivity index (χ1) is 20.7. The minimum Gasteiger partial charge on any atom is -0.497 e. The lowest BCUT2D eigenvalue weighted by Crippen LogP contribution is -2.53. The average molecular weight is 608 g/mol. The second kappa shape index (κ2) is 14.4. The Balaban J connectivity index is 1.72. The van der Waals surface area contributed by atoms with Crippen molar-refractivity contribution in [3.8, 4) is 11.5 Å². The monoisotopic (exact) mass is 607 g/mol. The van der Waals surface area contributed by atoms with Crippen LogP contribution in [0.2, 0.25) is 0 Å². The first kappa shape index (κ1) is 31.9. The van der Waals surface area contributed by atoms with E-state index in [2.05, 4.69) is 5.32 Å². The van der Waals surface area contributed by atoms with Gasteiger partial charge in [0, 0.05) is 18.7 Å². The van der Waals surface area contributed by atoms with Gasteiger partial charge >= 0.3 is 0 Å². The summed E-state index contributed by atoms with van der Waals surface area (Å²) in [6.45, 7) is 3.34. The lowest BCUT2D eigenvalue weighted by molar-refractivity contribution is -0.140. The first-order valence-corrected chi connectivity index (χ1v) is 16.1. The van der Waals surface area contributed by atoms with Crippen molar-refractivity contribution >= 4 is 27.5 Å². The van der Waals surface area contributed by atoms with Gasteiger partial charge in [-0.15, -0.1) is 0 Å². The fourth-order valence-corrected chi connectivity index (χ4v) is 6.75. The molecule has 10 heteroatoms. The van der Waals surface area contributed by atoms with Gasteiger partial charge < -0.3 is 19.7 Å². The number of carbonyl (C=O) groups excluding carboxylic acids is 2. The molecule has 1 N–H and O–H groups in total. The topological polar surface area (TPSA) is 105 Å². The molecule has 0 radical (unpaired) electrons. The molecule has 0 heterocycles. The molecule has 0 aromatic heterocycles. The molecule has 2 amide bonds. The average Bonchev–Trinajstić information content (AvgIpc) is 3.53. The summed E-state index contributed by atoms with van der Waals surface area (Å²) >= 11 is 0. The molecule has 1 unspecified atom stereocenters. The third-order valence-electron chi connectivity index (χ3n) is 7.83. The Morgan fingerprint density at radius 3 is 2.19 bits per heavy atom. The van der Waals surface area contributed by atoms with Crippen LogP contribution in [0.1, 0.15) is 50.2 Å². The first-order valence-electron chi connectivity index (χ1n) is 14.6. The van der Waals surface area contributed by atoms with Gasteiger partial charge in [-0.1, -0.05) is 55.7 Å². The predicted molar refractivity (Wildman–Crippen MR) is 167 cm³/mol. The molecular weight excluding hydrogens is 566 g/mol. The maximum absolute atomic E-state index is 14.3. The van der Waals surface area contributed by atoms with Crippen LogP contribution in [0, 0.1) is 6.92 Å². The minimum atomic E-state index is -4.16. The maximum atomic E-state index is 14.3. The summed E-state index contributed by atoms with van der Waals surface area (Å²) in [6.07, 6.45) is 4.30. The molecule has 1 fully saturated rings. The molecule has 230 valence electrons. The Hall–Kier alpha value is -4.05. The fourth-order valence-electron chi connectivity index (χ4n) is 5.35. The van der Waals surface area contributed by atoms with E-state index in [9.17, 15) is 18.0 Å². The SMILES string of the molecule is CCC(C(=O)NC1CCCC1)N(Cc1ccc(OC)cc1)C(=O)CN(c1cccc(OC)c1)S(=O)(=O)c1ccc(C)cc1. The zero-order chi connectivity index (χ0) is 31.0. The van der Waals surface area contributed by atoms with Crippen molar-refractivity contribution in [2.75, 3.05) is 25.1 Å². The summed E-state index contributed by atoms with van der Waals surface area (Å²) in [5, 5.41) is 3.13. The van der Waals surface area contributed by atoms with Crippen LogP contribution in [0.3, 0.4) is 0 Å². The maximum Gasteiger partial charge on any atom is 0.264 e. The highest BCUT2D eigenvalue weighted by atomic mass is 32.2. The van der Waals surface area contributed by atoms with E-state index in [1.54, 1.807) is 55.6 Å². The van der Waals surface area contributed by atoms with Gasteiger partial charge in [0.2, 0.25) is 11.8 Å². The smallest absolute Gasteiger partial charge is 0.264 e. The largest absolute Gasteiger partial charge is 0.497 e. The van der Waals surface area contributed by atoms with Crippen LogP contribution >= 0.6 is 0 Å². The quantitative estimate of drug-likeness (QED) is 0.291. The number of hydrogen-bond donors (Lipinski definition) is 1. The summed E-state index contributed by atoms with van der Waals surface area (Å²) in [7, 11) is -1.09. The van der Waals surface area contributed by atoms with Gasteiger partial charge in [0.1, 0.15) is 24.1 Å². The zero-order valence-corrected chi connectivity index (χ0v) is 26.1. The van der Waals surface area contributed by atoms with Crippen molar-refractivity contribution in [3.05, 3.63) is 83.9 Å². The van der Waals surface area contributed by atoms with E-state index in [0.29, 0.717) is 17.9 Å². The van der Waals surface area contributed by atoms with Crippen molar-refractivity contribution in [2.24, 2.45) is 0 Å². The lowest BCUT2D eigenvalue weighted by Gasteiger charge is -2.34. The van der Waals surface area contributed by atoms with Crippen LogP contribution in [-0.4, -0.2) is 58.0 Å². The van der Waals surface area contributed by atoms with Crippen molar-refractivity contribution in [3.63, 3.8) is 0 Å². The number of nitrogens with zero attached hydrogens (tertiary/aromatic N) is 2. The molecule has 4 rings (SSSR count). The molecule has 3 aromatic rings. The number of aryl methyl sites for hydroxylation is 1. The zero-order valence-electron chi connectivity index (χ0n) is 25.3. The standard InChI is InChI=1S/C33H41N3O6S/c1-5-31(33(38)34-26-9-6-7-10-26)35(22-25-15-17-28(41-3)18-16-25)32(37)23-36(27-11-8-12-29(21-27)42-4)43(39,40)30-19-13-24(2)14-20-30/h8,11-21,26,31H,5-7,9-10,22-23H2,1-4H3,(H,34,38). The van der Waals surface area contributed by atoms with Gasteiger partial charge in [-0.25, -0.2) is 8.42 Å². The van der Waals surface area contributed by atoms with Crippen molar-refractivity contribution in [2.45, 2.75) is 69.5 Å².